The topological polar surface area (TPSA) is 97.6 Å². The molecular weight excluding hydrogens is 452 g/mol. The van der Waals surface area contributed by atoms with Crippen LogP contribution in [-0.4, -0.2) is 30.4 Å². The van der Waals surface area contributed by atoms with Gasteiger partial charge in [0.2, 0.25) is 0 Å². The Morgan fingerprint density at radius 3 is 2.40 bits per heavy atom. The highest BCUT2D eigenvalue weighted by Gasteiger charge is 2.25. The first kappa shape index (κ1) is 21.3. The third-order valence-corrected chi connectivity index (χ3v) is 4.80. The van der Waals surface area contributed by atoms with Crippen LogP contribution < -0.4 is 10.6 Å². The molecule has 3 aromatic rings. The fourth-order valence-electron chi connectivity index (χ4n) is 2.67. The molecule has 2 amide bonds. The number of benzene rings is 2. The van der Waals surface area contributed by atoms with Crippen LogP contribution >= 0.6 is 15.9 Å². The predicted molar refractivity (Wildman–Crippen MR) is 114 cm³/mol. The lowest BCUT2D eigenvalue weighted by Gasteiger charge is -2.17. The van der Waals surface area contributed by atoms with E-state index in [0.717, 1.165) is 5.56 Å². The van der Waals surface area contributed by atoms with Crippen molar-refractivity contribution in [3.63, 3.8) is 0 Å². The SMILES string of the molecule is O=C(COC(=O)C(Cc1ccccc1)NC(=O)c1ccco1)Nc1ccccc1Br. The van der Waals surface area contributed by atoms with Crippen molar-refractivity contribution in [2.45, 2.75) is 12.5 Å². The van der Waals surface area contributed by atoms with Crippen molar-refractivity contribution in [2.24, 2.45) is 0 Å². The van der Waals surface area contributed by atoms with E-state index in [1.807, 2.05) is 36.4 Å². The minimum atomic E-state index is -0.985. The number of carbonyl (C=O) groups is 3. The number of halogens is 1. The molecule has 1 atom stereocenters. The van der Waals surface area contributed by atoms with E-state index in [-0.39, 0.29) is 12.2 Å². The molecule has 0 fully saturated rings. The average Bonchev–Trinajstić information content (AvgIpc) is 3.29. The Bertz CT molecular complexity index is 1010. The molecule has 8 heteroatoms. The fourth-order valence-corrected chi connectivity index (χ4v) is 3.05. The van der Waals surface area contributed by atoms with Gasteiger partial charge in [-0.15, -0.1) is 0 Å². The number of anilines is 1. The lowest BCUT2D eigenvalue weighted by atomic mass is 10.1. The number of furan rings is 1. The Kier molecular flexibility index (Phi) is 7.40. The highest BCUT2D eigenvalue weighted by molar-refractivity contribution is 9.10. The number of esters is 1. The van der Waals surface area contributed by atoms with Gasteiger partial charge in [0.25, 0.3) is 11.8 Å². The maximum Gasteiger partial charge on any atom is 0.329 e. The van der Waals surface area contributed by atoms with Crippen LogP contribution in [0.2, 0.25) is 0 Å². The minimum absolute atomic E-state index is 0.0764. The summed E-state index contributed by atoms with van der Waals surface area (Å²) in [4.78, 5) is 37.1. The second kappa shape index (κ2) is 10.4. The summed E-state index contributed by atoms with van der Waals surface area (Å²) in [6.45, 7) is -0.484. The Morgan fingerprint density at radius 2 is 1.70 bits per heavy atom. The third-order valence-electron chi connectivity index (χ3n) is 4.11. The normalized spacial score (nSPS) is 11.4. The monoisotopic (exact) mass is 470 g/mol. The lowest BCUT2D eigenvalue weighted by molar-refractivity contribution is -0.149. The summed E-state index contributed by atoms with van der Waals surface area (Å²) in [5, 5.41) is 5.26. The van der Waals surface area contributed by atoms with E-state index in [1.165, 1.54) is 12.3 Å². The number of para-hydroxylation sites is 1. The molecule has 0 radical (unpaired) electrons. The number of carbonyl (C=O) groups excluding carboxylic acids is 3. The molecular formula is C22H19BrN2O5. The molecule has 1 heterocycles. The van der Waals surface area contributed by atoms with Gasteiger partial charge >= 0.3 is 5.97 Å². The van der Waals surface area contributed by atoms with E-state index in [9.17, 15) is 14.4 Å². The largest absolute Gasteiger partial charge is 0.459 e. The fraction of sp³-hybridized carbons (Fsp3) is 0.136. The maximum absolute atomic E-state index is 12.6. The second-order valence-corrected chi connectivity index (χ2v) is 7.18. The van der Waals surface area contributed by atoms with Gasteiger partial charge in [-0.2, -0.15) is 0 Å². The van der Waals surface area contributed by atoms with Gasteiger partial charge in [0, 0.05) is 10.9 Å². The van der Waals surface area contributed by atoms with Gasteiger partial charge in [0.15, 0.2) is 12.4 Å². The number of ether oxygens (including phenoxy) is 1. The molecule has 0 saturated heterocycles. The summed E-state index contributed by atoms with van der Waals surface area (Å²) in [6.07, 6.45) is 1.57. The summed E-state index contributed by atoms with van der Waals surface area (Å²) in [5.74, 6) is -1.69. The molecule has 30 heavy (non-hydrogen) atoms. The van der Waals surface area contributed by atoms with Crippen molar-refractivity contribution in [3.8, 4) is 0 Å². The van der Waals surface area contributed by atoms with Gasteiger partial charge < -0.3 is 19.8 Å². The Labute approximate surface area is 181 Å². The summed E-state index contributed by atoms with van der Waals surface area (Å²) in [6, 6.07) is 18.3. The van der Waals surface area contributed by atoms with E-state index in [4.69, 9.17) is 9.15 Å². The summed E-state index contributed by atoms with van der Waals surface area (Å²) >= 11 is 3.33. The summed E-state index contributed by atoms with van der Waals surface area (Å²) in [5.41, 5.74) is 1.39. The molecule has 1 aromatic heterocycles. The van der Waals surface area contributed by atoms with E-state index in [1.54, 1.807) is 24.3 Å². The number of nitrogens with one attached hydrogen (secondary N) is 2. The van der Waals surface area contributed by atoms with Gasteiger partial charge in [0.05, 0.1) is 12.0 Å². The van der Waals surface area contributed by atoms with Crippen molar-refractivity contribution in [1.29, 1.82) is 0 Å². The number of amides is 2. The maximum atomic E-state index is 12.6. The van der Waals surface area contributed by atoms with Gasteiger partial charge in [-0.3, -0.25) is 9.59 Å². The quantitative estimate of drug-likeness (QED) is 0.490. The molecule has 0 spiro atoms. The van der Waals surface area contributed by atoms with Crippen LogP contribution in [-0.2, 0) is 20.7 Å². The van der Waals surface area contributed by atoms with Crippen LogP contribution in [0.3, 0.4) is 0 Å². The summed E-state index contributed by atoms with van der Waals surface area (Å²) < 4.78 is 10.9. The van der Waals surface area contributed by atoms with Gasteiger partial charge in [-0.05, 0) is 45.8 Å². The smallest absolute Gasteiger partial charge is 0.329 e. The van der Waals surface area contributed by atoms with Crippen LogP contribution in [0.4, 0.5) is 5.69 Å². The van der Waals surface area contributed by atoms with Gasteiger partial charge in [-0.25, -0.2) is 4.79 Å². The molecule has 0 aliphatic carbocycles. The molecule has 2 aromatic carbocycles. The zero-order valence-electron chi connectivity index (χ0n) is 15.8. The predicted octanol–water partition coefficient (Wildman–Crippen LogP) is 3.57. The molecule has 0 aliphatic rings. The Hall–Kier alpha value is -3.39. The molecule has 1 unspecified atom stereocenters. The van der Waals surface area contributed by atoms with E-state index in [0.29, 0.717) is 10.2 Å². The van der Waals surface area contributed by atoms with Gasteiger partial charge in [-0.1, -0.05) is 42.5 Å². The van der Waals surface area contributed by atoms with Crippen LogP contribution in [0.1, 0.15) is 16.1 Å². The summed E-state index contributed by atoms with van der Waals surface area (Å²) in [7, 11) is 0. The molecule has 7 nitrogen and oxygen atoms in total. The van der Waals surface area contributed by atoms with Crippen LogP contribution in [0.5, 0.6) is 0 Å². The van der Waals surface area contributed by atoms with Crippen molar-refractivity contribution in [2.75, 3.05) is 11.9 Å². The average molecular weight is 471 g/mol. The lowest BCUT2D eigenvalue weighted by Crippen LogP contribution is -2.44. The third kappa shape index (κ3) is 6.05. The van der Waals surface area contributed by atoms with Gasteiger partial charge in [0.1, 0.15) is 6.04 Å². The Balaban J connectivity index is 1.62. The first-order chi connectivity index (χ1) is 14.5. The van der Waals surface area contributed by atoms with Crippen LogP contribution in [0.25, 0.3) is 0 Å². The van der Waals surface area contributed by atoms with Crippen LogP contribution in [0, 0.1) is 0 Å². The Morgan fingerprint density at radius 1 is 0.967 bits per heavy atom. The molecule has 3 rings (SSSR count). The van der Waals surface area contributed by atoms with E-state index >= 15 is 0 Å². The molecule has 0 bridgehead atoms. The van der Waals surface area contributed by atoms with Crippen molar-refractivity contribution in [3.05, 3.63) is 88.8 Å². The number of rotatable bonds is 8. The molecule has 0 saturated carbocycles. The molecule has 0 aliphatic heterocycles. The standard InChI is InChI=1S/C22H19BrN2O5/c23-16-9-4-5-10-17(16)24-20(26)14-30-22(28)18(13-15-7-2-1-3-8-15)25-21(27)19-11-6-12-29-19/h1-12,18H,13-14H2,(H,24,26)(H,25,27). The second-order valence-electron chi connectivity index (χ2n) is 6.33. The number of hydrogen-bond donors (Lipinski definition) is 2. The van der Waals surface area contributed by atoms with Crippen molar-refractivity contribution < 1.29 is 23.5 Å². The first-order valence-electron chi connectivity index (χ1n) is 9.12. The van der Waals surface area contributed by atoms with Crippen LogP contribution in [0.15, 0.2) is 81.9 Å². The molecule has 154 valence electrons. The van der Waals surface area contributed by atoms with Crippen molar-refractivity contribution in [1.82, 2.24) is 5.32 Å². The zero-order chi connectivity index (χ0) is 21.3. The highest BCUT2D eigenvalue weighted by atomic mass is 79.9. The van der Waals surface area contributed by atoms with Crippen molar-refractivity contribution >= 4 is 39.4 Å². The number of hydrogen-bond acceptors (Lipinski definition) is 5. The zero-order valence-corrected chi connectivity index (χ0v) is 17.4. The highest BCUT2D eigenvalue weighted by Crippen LogP contribution is 2.21. The van der Waals surface area contributed by atoms with E-state index < -0.39 is 30.4 Å². The van der Waals surface area contributed by atoms with E-state index in [2.05, 4.69) is 26.6 Å². The first-order valence-corrected chi connectivity index (χ1v) is 9.91. The minimum Gasteiger partial charge on any atom is -0.459 e. The molecule has 2 N–H and O–H groups in total.